The third-order valence-electron chi connectivity index (χ3n) is 4.93. The van der Waals surface area contributed by atoms with Crippen molar-refractivity contribution in [2.45, 2.75) is 13.0 Å². The molecule has 0 N–H and O–H groups in total. The number of sulfone groups is 1. The van der Waals surface area contributed by atoms with Crippen molar-refractivity contribution < 1.29 is 21.6 Å². The zero-order valence-electron chi connectivity index (χ0n) is 16.8. The van der Waals surface area contributed by atoms with E-state index in [9.17, 15) is 17.2 Å². The van der Waals surface area contributed by atoms with Crippen LogP contribution >= 0.6 is 12.2 Å². The van der Waals surface area contributed by atoms with E-state index in [1.54, 1.807) is 12.1 Å². The number of benzene rings is 1. The standard InChI is InChI=1S/C20H19F2N5O3S2/c21-17(22)19-25-24-18(30-19)14-6-7-15(23-12-14)13-27(16-4-2-1-3-5-16)20(31)26-8-10-32(28,29)11-9-26/h1-7,12,17H,8-11,13H2. The summed E-state index contributed by atoms with van der Waals surface area (Å²) in [4.78, 5) is 8.16. The summed E-state index contributed by atoms with van der Waals surface area (Å²) in [5, 5.41) is 7.45. The number of thiocarbonyl (C=S) groups is 1. The van der Waals surface area contributed by atoms with Gasteiger partial charge in [-0.1, -0.05) is 18.2 Å². The number of halogens is 2. The van der Waals surface area contributed by atoms with E-state index in [1.807, 2.05) is 40.1 Å². The average molecular weight is 480 g/mol. The molecule has 4 rings (SSSR count). The Hall–Kier alpha value is -2.99. The van der Waals surface area contributed by atoms with Crippen LogP contribution in [0.5, 0.6) is 0 Å². The SMILES string of the molecule is O=S1(=O)CCN(C(=S)N(Cc2ccc(-c3nnc(C(F)F)o3)cn2)c2ccccc2)CC1. The van der Waals surface area contributed by atoms with Gasteiger partial charge in [-0.3, -0.25) is 4.98 Å². The quantitative estimate of drug-likeness (QED) is 0.512. The Labute approximate surface area is 188 Å². The first-order valence-electron chi connectivity index (χ1n) is 9.71. The molecule has 0 unspecified atom stereocenters. The first-order valence-corrected chi connectivity index (χ1v) is 11.9. The summed E-state index contributed by atoms with van der Waals surface area (Å²) >= 11 is 5.71. The topological polar surface area (TPSA) is 92.4 Å². The fraction of sp³-hybridized carbons (Fsp3) is 0.300. The molecule has 1 fully saturated rings. The van der Waals surface area contributed by atoms with Gasteiger partial charge in [0.1, 0.15) is 0 Å². The molecule has 168 valence electrons. The predicted molar refractivity (Wildman–Crippen MR) is 118 cm³/mol. The highest BCUT2D eigenvalue weighted by molar-refractivity contribution is 7.91. The van der Waals surface area contributed by atoms with E-state index in [0.717, 1.165) is 5.69 Å². The molecule has 3 aromatic rings. The monoisotopic (exact) mass is 479 g/mol. The maximum absolute atomic E-state index is 12.7. The Morgan fingerprint density at radius 3 is 2.44 bits per heavy atom. The molecule has 8 nitrogen and oxygen atoms in total. The minimum absolute atomic E-state index is 0.0377. The van der Waals surface area contributed by atoms with Crippen molar-refractivity contribution in [3.63, 3.8) is 0 Å². The highest BCUT2D eigenvalue weighted by Crippen LogP contribution is 2.24. The molecule has 0 radical (unpaired) electrons. The van der Waals surface area contributed by atoms with Gasteiger partial charge in [-0.25, -0.2) is 8.42 Å². The van der Waals surface area contributed by atoms with Crippen LogP contribution in [0.2, 0.25) is 0 Å². The lowest BCUT2D eigenvalue weighted by Crippen LogP contribution is -2.49. The minimum atomic E-state index is -3.03. The fourth-order valence-electron chi connectivity index (χ4n) is 3.20. The first kappa shape index (κ1) is 22.2. The molecule has 1 aromatic carbocycles. The Balaban J connectivity index is 1.54. The number of pyridine rings is 1. The number of anilines is 1. The summed E-state index contributed by atoms with van der Waals surface area (Å²) in [6, 6.07) is 12.9. The summed E-state index contributed by atoms with van der Waals surface area (Å²) < 4.78 is 53.9. The number of nitrogens with zero attached hydrogens (tertiary/aromatic N) is 5. The Morgan fingerprint density at radius 1 is 1.12 bits per heavy atom. The lowest BCUT2D eigenvalue weighted by atomic mass is 10.2. The van der Waals surface area contributed by atoms with E-state index in [-0.39, 0.29) is 17.4 Å². The molecule has 1 aliphatic rings. The summed E-state index contributed by atoms with van der Waals surface area (Å²) in [5.41, 5.74) is 1.93. The summed E-state index contributed by atoms with van der Waals surface area (Å²) in [6.07, 6.45) is -1.37. The Kier molecular flexibility index (Phi) is 6.42. The summed E-state index contributed by atoms with van der Waals surface area (Å²) in [7, 11) is -3.03. The van der Waals surface area contributed by atoms with Gasteiger partial charge < -0.3 is 14.2 Å². The molecule has 0 saturated carbocycles. The summed E-state index contributed by atoms with van der Waals surface area (Å²) in [6.45, 7) is 0.999. The van der Waals surface area contributed by atoms with Crippen molar-refractivity contribution >= 4 is 32.9 Å². The van der Waals surface area contributed by atoms with E-state index < -0.39 is 22.2 Å². The van der Waals surface area contributed by atoms with Crippen LogP contribution in [0.25, 0.3) is 11.5 Å². The van der Waals surface area contributed by atoms with E-state index in [1.165, 1.54) is 6.20 Å². The number of hydrogen-bond donors (Lipinski definition) is 0. The van der Waals surface area contributed by atoms with Crippen molar-refractivity contribution in [3.05, 3.63) is 60.2 Å². The first-order chi connectivity index (χ1) is 15.3. The third kappa shape index (κ3) is 5.07. The maximum atomic E-state index is 12.7. The molecule has 1 aliphatic heterocycles. The van der Waals surface area contributed by atoms with E-state index in [4.69, 9.17) is 16.6 Å². The van der Waals surface area contributed by atoms with Crippen LogP contribution in [0.1, 0.15) is 18.0 Å². The van der Waals surface area contributed by atoms with Gasteiger partial charge in [0.05, 0.1) is 29.3 Å². The van der Waals surface area contributed by atoms with Gasteiger partial charge >= 0.3 is 6.43 Å². The maximum Gasteiger partial charge on any atom is 0.314 e. The van der Waals surface area contributed by atoms with Crippen LogP contribution in [-0.2, 0) is 16.4 Å². The van der Waals surface area contributed by atoms with E-state index >= 15 is 0 Å². The molecular formula is C20H19F2N5O3S2. The van der Waals surface area contributed by atoms with Crippen molar-refractivity contribution in [1.82, 2.24) is 20.1 Å². The molecule has 12 heteroatoms. The van der Waals surface area contributed by atoms with Crippen molar-refractivity contribution in [2.75, 3.05) is 29.5 Å². The van der Waals surface area contributed by atoms with Crippen LogP contribution in [0, 0.1) is 0 Å². The van der Waals surface area contributed by atoms with Crippen molar-refractivity contribution in [3.8, 4) is 11.5 Å². The molecular weight excluding hydrogens is 460 g/mol. The Morgan fingerprint density at radius 2 is 1.84 bits per heavy atom. The van der Waals surface area contributed by atoms with Gasteiger partial charge in [-0.15, -0.1) is 10.2 Å². The molecule has 0 spiro atoms. The van der Waals surface area contributed by atoms with Crippen LogP contribution in [-0.4, -0.2) is 58.2 Å². The number of aromatic nitrogens is 3. The van der Waals surface area contributed by atoms with Crippen molar-refractivity contribution in [1.29, 1.82) is 0 Å². The smallest absolute Gasteiger partial charge is 0.314 e. The highest BCUT2D eigenvalue weighted by atomic mass is 32.2. The van der Waals surface area contributed by atoms with Gasteiger partial charge in [-0.2, -0.15) is 8.78 Å². The van der Waals surface area contributed by atoms with Crippen molar-refractivity contribution in [2.24, 2.45) is 0 Å². The molecule has 0 amide bonds. The molecule has 0 aliphatic carbocycles. The lowest BCUT2D eigenvalue weighted by Gasteiger charge is -2.35. The van der Waals surface area contributed by atoms with Crippen LogP contribution in [0.4, 0.5) is 14.5 Å². The third-order valence-corrected chi connectivity index (χ3v) is 7.02. The normalized spacial score (nSPS) is 15.7. The average Bonchev–Trinajstić information content (AvgIpc) is 3.29. The van der Waals surface area contributed by atoms with Gasteiger partial charge in [0.15, 0.2) is 14.9 Å². The summed E-state index contributed by atoms with van der Waals surface area (Å²) in [5.74, 6) is -0.654. The molecule has 2 aromatic heterocycles. The molecule has 1 saturated heterocycles. The predicted octanol–water partition coefficient (Wildman–Crippen LogP) is 3.09. The minimum Gasteiger partial charge on any atom is -0.415 e. The van der Waals surface area contributed by atoms with E-state index in [0.29, 0.717) is 36.0 Å². The zero-order chi connectivity index (χ0) is 22.7. The highest BCUT2D eigenvalue weighted by Gasteiger charge is 2.27. The van der Waals surface area contributed by atoms with Crippen LogP contribution in [0.3, 0.4) is 0 Å². The fourth-order valence-corrected chi connectivity index (χ4v) is 4.75. The second-order valence-electron chi connectivity index (χ2n) is 7.13. The van der Waals surface area contributed by atoms with E-state index in [2.05, 4.69) is 15.2 Å². The lowest BCUT2D eigenvalue weighted by molar-refractivity contribution is 0.116. The second-order valence-corrected chi connectivity index (χ2v) is 9.80. The van der Waals surface area contributed by atoms with Crippen LogP contribution in [0.15, 0.2) is 53.1 Å². The second kappa shape index (κ2) is 9.25. The molecule has 32 heavy (non-hydrogen) atoms. The van der Waals surface area contributed by atoms with Gasteiger partial charge in [-0.05, 0) is 36.5 Å². The van der Waals surface area contributed by atoms with Crippen LogP contribution < -0.4 is 4.90 Å². The number of hydrogen-bond acceptors (Lipinski definition) is 7. The molecule has 3 heterocycles. The molecule has 0 bridgehead atoms. The molecule has 0 atom stereocenters. The largest absolute Gasteiger partial charge is 0.415 e. The Bertz CT molecular complexity index is 1170. The number of alkyl halides is 2. The number of para-hydroxylation sites is 1. The number of rotatable bonds is 5. The van der Waals surface area contributed by atoms with Gasteiger partial charge in [0.2, 0.25) is 5.89 Å². The van der Waals surface area contributed by atoms with Gasteiger partial charge in [0, 0.05) is 25.0 Å². The van der Waals surface area contributed by atoms with Gasteiger partial charge in [0.25, 0.3) is 5.89 Å². The zero-order valence-corrected chi connectivity index (χ0v) is 18.4.